The molecule has 0 aromatic heterocycles. The van der Waals surface area contributed by atoms with Gasteiger partial charge in [-0.15, -0.1) is 12.4 Å². The van der Waals surface area contributed by atoms with Crippen LogP contribution in [-0.4, -0.2) is 23.9 Å². The van der Waals surface area contributed by atoms with E-state index in [4.69, 9.17) is 5.73 Å². The van der Waals surface area contributed by atoms with E-state index in [0.717, 1.165) is 12.0 Å². The number of aryl methyl sites for hydroxylation is 1. The van der Waals surface area contributed by atoms with Gasteiger partial charge < -0.3 is 10.6 Å². The van der Waals surface area contributed by atoms with Crippen LogP contribution in [0.3, 0.4) is 0 Å². The second-order valence-corrected chi connectivity index (χ2v) is 5.54. The Morgan fingerprint density at radius 2 is 1.70 bits per heavy atom. The second-order valence-electron chi connectivity index (χ2n) is 5.54. The predicted octanol–water partition coefficient (Wildman–Crippen LogP) is 3.51. The predicted molar refractivity (Wildman–Crippen MR) is 97.8 cm³/mol. The first-order valence-corrected chi connectivity index (χ1v) is 7.76. The summed E-state index contributed by atoms with van der Waals surface area (Å²) in [6, 6.07) is 17.5. The zero-order valence-electron chi connectivity index (χ0n) is 13.7. The fourth-order valence-electron chi connectivity index (χ4n) is 2.45. The molecule has 124 valence electrons. The molecule has 2 aromatic rings. The van der Waals surface area contributed by atoms with E-state index in [1.165, 1.54) is 11.1 Å². The van der Waals surface area contributed by atoms with E-state index in [1.807, 2.05) is 61.2 Å². The van der Waals surface area contributed by atoms with Crippen molar-refractivity contribution in [2.45, 2.75) is 26.3 Å². The summed E-state index contributed by atoms with van der Waals surface area (Å²) in [6.45, 7) is 5.38. The number of hydrogen-bond donors (Lipinski definition) is 1. The van der Waals surface area contributed by atoms with Crippen LogP contribution in [0.2, 0.25) is 0 Å². The molecule has 23 heavy (non-hydrogen) atoms. The van der Waals surface area contributed by atoms with Gasteiger partial charge in [-0.2, -0.15) is 0 Å². The van der Waals surface area contributed by atoms with Crippen LogP contribution in [0.5, 0.6) is 0 Å². The number of rotatable bonds is 6. The van der Waals surface area contributed by atoms with Crippen molar-refractivity contribution in [3.63, 3.8) is 0 Å². The van der Waals surface area contributed by atoms with Gasteiger partial charge in [0.05, 0.1) is 0 Å². The van der Waals surface area contributed by atoms with Crippen LogP contribution >= 0.6 is 12.4 Å². The monoisotopic (exact) mass is 332 g/mol. The number of nitrogens with zero attached hydrogens (tertiary/aromatic N) is 1. The average Bonchev–Trinajstić information content (AvgIpc) is 2.56. The highest BCUT2D eigenvalue weighted by Gasteiger charge is 2.21. The number of hydrogen-bond acceptors (Lipinski definition) is 2. The Balaban J connectivity index is 0.00000264. The Hall–Kier alpha value is -1.84. The highest BCUT2D eigenvalue weighted by atomic mass is 35.5. The van der Waals surface area contributed by atoms with E-state index in [-0.39, 0.29) is 18.3 Å². The summed E-state index contributed by atoms with van der Waals surface area (Å²) in [5.41, 5.74) is 9.41. The van der Waals surface area contributed by atoms with Gasteiger partial charge in [0, 0.05) is 13.1 Å². The molecule has 0 fully saturated rings. The van der Waals surface area contributed by atoms with Crippen molar-refractivity contribution < 1.29 is 4.79 Å². The maximum absolute atomic E-state index is 12.6. The molecule has 0 bridgehead atoms. The van der Waals surface area contributed by atoms with Gasteiger partial charge in [-0.05, 0) is 31.4 Å². The summed E-state index contributed by atoms with van der Waals surface area (Å²) in [5.74, 6) is -0.0118. The van der Waals surface area contributed by atoms with E-state index < -0.39 is 6.04 Å². The van der Waals surface area contributed by atoms with Crippen molar-refractivity contribution in [1.82, 2.24) is 4.90 Å². The number of carbonyl (C=O) groups excluding carboxylic acids is 1. The zero-order valence-corrected chi connectivity index (χ0v) is 14.6. The first-order chi connectivity index (χ1) is 10.6. The topological polar surface area (TPSA) is 46.3 Å². The fourth-order valence-corrected chi connectivity index (χ4v) is 2.45. The van der Waals surface area contributed by atoms with Crippen LogP contribution in [0.15, 0.2) is 54.6 Å². The van der Waals surface area contributed by atoms with Gasteiger partial charge in [-0.1, -0.05) is 60.2 Å². The molecule has 0 spiro atoms. The van der Waals surface area contributed by atoms with Crippen molar-refractivity contribution in [2.75, 3.05) is 13.1 Å². The molecule has 2 aromatic carbocycles. The number of likely N-dealkylation sites (N-methyl/N-ethyl adjacent to an activating group) is 1. The van der Waals surface area contributed by atoms with Gasteiger partial charge in [0.15, 0.2) is 0 Å². The molecule has 1 atom stereocenters. The molecule has 2 rings (SSSR count). The minimum absolute atomic E-state index is 0. The lowest BCUT2D eigenvalue weighted by atomic mass is 10.0. The SMILES string of the molecule is CCN(CCc1ccccc1)C(=O)C(N)c1ccc(C)cc1.Cl. The van der Waals surface area contributed by atoms with Crippen LogP contribution in [0, 0.1) is 6.92 Å². The minimum Gasteiger partial charge on any atom is -0.341 e. The average molecular weight is 333 g/mol. The maximum atomic E-state index is 12.6. The Bertz CT molecular complexity index is 599. The third kappa shape index (κ3) is 5.38. The normalized spacial score (nSPS) is 11.4. The van der Waals surface area contributed by atoms with Crippen molar-refractivity contribution >= 4 is 18.3 Å². The number of benzene rings is 2. The fraction of sp³-hybridized carbons (Fsp3) is 0.316. The summed E-state index contributed by atoms with van der Waals surface area (Å²) in [5, 5.41) is 0. The first-order valence-electron chi connectivity index (χ1n) is 7.76. The summed E-state index contributed by atoms with van der Waals surface area (Å²) >= 11 is 0. The molecule has 3 nitrogen and oxygen atoms in total. The Labute approximate surface area is 144 Å². The van der Waals surface area contributed by atoms with E-state index in [9.17, 15) is 4.79 Å². The molecule has 0 saturated heterocycles. The van der Waals surface area contributed by atoms with Crippen LogP contribution in [0.4, 0.5) is 0 Å². The standard InChI is InChI=1S/C19H24N2O.ClH/c1-3-21(14-13-16-7-5-4-6-8-16)19(22)18(20)17-11-9-15(2)10-12-17;/h4-12,18H,3,13-14,20H2,1-2H3;1H. The van der Waals surface area contributed by atoms with Gasteiger partial charge in [0.1, 0.15) is 6.04 Å². The molecule has 0 saturated carbocycles. The highest BCUT2D eigenvalue weighted by molar-refractivity contribution is 5.85. The lowest BCUT2D eigenvalue weighted by molar-refractivity contribution is -0.132. The molecule has 1 unspecified atom stereocenters. The van der Waals surface area contributed by atoms with E-state index in [1.54, 1.807) is 0 Å². The van der Waals surface area contributed by atoms with E-state index >= 15 is 0 Å². The molecular formula is C19H25ClN2O. The third-order valence-electron chi connectivity index (χ3n) is 3.91. The first kappa shape index (κ1) is 19.2. The van der Waals surface area contributed by atoms with Crippen molar-refractivity contribution in [3.8, 4) is 0 Å². The Morgan fingerprint density at radius 1 is 1.09 bits per heavy atom. The summed E-state index contributed by atoms with van der Waals surface area (Å²) in [7, 11) is 0. The maximum Gasteiger partial charge on any atom is 0.244 e. The molecular weight excluding hydrogens is 308 g/mol. The Morgan fingerprint density at radius 3 is 2.26 bits per heavy atom. The van der Waals surface area contributed by atoms with Crippen LogP contribution < -0.4 is 5.73 Å². The second kappa shape index (κ2) is 9.33. The summed E-state index contributed by atoms with van der Waals surface area (Å²) < 4.78 is 0. The van der Waals surface area contributed by atoms with Crippen molar-refractivity contribution in [1.29, 1.82) is 0 Å². The quantitative estimate of drug-likeness (QED) is 0.880. The van der Waals surface area contributed by atoms with Crippen LogP contribution in [-0.2, 0) is 11.2 Å². The van der Waals surface area contributed by atoms with Crippen LogP contribution in [0.1, 0.15) is 29.7 Å². The van der Waals surface area contributed by atoms with Gasteiger partial charge in [-0.25, -0.2) is 0 Å². The van der Waals surface area contributed by atoms with Gasteiger partial charge in [-0.3, -0.25) is 4.79 Å². The molecule has 0 aliphatic carbocycles. The number of amides is 1. The van der Waals surface area contributed by atoms with Crippen molar-refractivity contribution in [3.05, 3.63) is 71.3 Å². The van der Waals surface area contributed by atoms with Crippen molar-refractivity contribution in [2.24, 2.45) is 5.73 Å². The number of carbonyl (C=O) groups is 1. The minimum atomic E-state index is -0.587. The van der Waals surface area contributed by atoms with E-state index in [2.05, 4.69) is 12.1 Å². The molecule has 0 heterocycles. The molecule has 0 aliphatic rings. The molecule has 4 heteroatoms. The molecule has 2 N–H and O–H groups in total. The smallest absolute Gasteiger partial charge is 0.244 e. The van der Waals surface area contributed by atoms with Gasteiger partial charge in [0.25, 0.3) is 0 Å². The summed E-state index contributed by atoms with van der Waals surface area (Å²) in [6.07, 6.45) is 0.848. The highest BCUT2D eigenvalue weighted by Crippen LogP contribution is 2.15. The molecule has 1 amide bonds. The largest absolute Gasteiger partial charge is 0.341 e. The molecule has 0 aliphatic heterocycles. The number of nitrogens with two attached hydrogens (primary N) is 1. The zero-order chi connectivity index (χ0) is 15.9. The summed E-state index contributed by atoms with van der Waals surface area (Å²) in [4.78, 5) is 14.4. The Kier molecular flexibility index (Phi) is 7.79. The lowest BCUT2D eigenvalue weighted by Crippen LogP contribution is -2.39. The number of halogens is 1. The van der Waals surface area contributed by atoms with Gasteiger partial charge >= 0.3 is 0 Å². The van der Waals surface area contributed by atoms with E-state index in [0.29, 0.717) is 13.1 Å². The third-order valence-corrected chi connectivity index (χ3v) is 3.91. The molecule has 0 radical (unpaired) electrons. The van der Waals surface area contributed by atoms with Crippen LogP contribution in [0.25, 0.3) is 0 Å². The lowest BCUT2D eigenvalue weighted by Gasteiger charge is -2.24. The van der Waals surface area contributed by atoms with Gasteiger partial charge in [0.2, 0.25) is 5.91 Å².